The van der Waals surface area contributed by atoms with E-state index in [1.807, 2.05) is 0 Å². The van der Waals surface area contributed by atoms with E-state index in [1.54, 1.807) is 55.5 Å². The van der Waals surface area contributed by atoms with Gasteiger partial charge in [-0.05, 0) is 86.4 Å². The lowest BCUT2D eigenvalue weighted by Gasteiger charge is -2.39. The first-order valence-corrected chi connectivity index (χ1v) is 15.8. The molecule has 5 rings (SSSR count). The highest BCUT2D eigenvalue weighted by molar-refractivity contribution is 6.30. The van der Waals surface area contributed by atoms with Crippen LogP contribution >= 0.6 is 23.2 Å². The average molecular weight is 693 g/mol. The molecule has 2 atom stereocenters. The second kappa shape index (κ2) is 14.9. The Morgan fingerprint density at radius 3 is 2.19 bits per heavy atom. The molecule has 47 heavy (non-hydrogen) atoms. The first kappa shape index (κ1) is 34.5. The van der Waals surface area contributed by atoms with Gasteiger partial charge in [-0.3, -0.25) is 19.5 Å². The summed E-state index contributed by atoms with van der Waals surface area (Å²) in [6.45, 7) is 2.65. The number of urea groups is 1. The third-order valence-corrected chi connectivity index (χ3v) is 8.57. The number of aliphatic imine (C=N–C) groups is 1. The van der Waals surface area contributed by atoms with Crippen LogP contribution in [0.5, 0.6) is 5.75 Å². The molecular formula is C33H34Cl2F3N5O4. The van der Waals surface area contributed by atoms with Gasteiger partial charge in [0.15, 0.2) is 0 Å². The monoisotopic (exact) mass is 691 g/mol. The maximum Gasteiger partial charge on any atom is 0.416 e. The fourth-order valence-corrected chi connectivity index (χ4v) is 6.18. The topological polar surface area (TPSA) is 95.5 Å². The third kappa shape index (κ3) is 7.83. The molecule has 0 aliphatic carbocycles. The lowest BCUT2D eigenvalue weighted by Crippen LogP contribution is -2.55. The summed E-state index contributed by atoms with van der Waals surface area (Å²) in [5, 5.41) is 4.24. The predicted molar refractivity (Wildman–Crippen MR) is 173 cm³/mol. The van der Waals surface area contributed by atoms with Crippen molar-refractivity contribution in [3.05, 3.63) is 99.0 Å². The highest BCUT2D eigenvalue weighted by Gasteiger charge is 2.46. The molecule has 2 N–H and O–H groups in total. The number of benzene rings is 3. The number of alkyl halides is 3. The van der Waals surface area contributed by atoms with Gasteiger partial charge in [-0.2, -0.15) is 13.2 Å². The van der Waals surface area contributed by atoms with Crippen molar-refractivity contribution in [1.29, 1.82) is 0 Å². The van der Waals surface area contributed by atoms with Crippen molar-refractivity contribution in [2.75, 3.05) is 33.4 Å². The van der Waals surface area contributed by atoms with E-state index in [0.717, 1.165) is 12.1 Å². The maximum atomic E-state index is 15.0. The minimum absolute atomic E-state index is 0.0646. The summed E-state index contributed by atoms with van der Waals surface area (Å²) in [4.78, 5) is 40.7. The van der Waals surface area contributed by atoms with Crippen LogP contribution in [-0.4, -0.2) is 67.0 Å². The Bertz CT molecular complexity index is 1600. The van der Waals surface area contributed by atoms with Crippen LogP contribution in [0.1, 0.15) is 54.1 Å². The number of halogens is 5. The molecule has 0 bridgehead atoms. The van der Waals surface area contributed by atoms with Crippen LogP contribution in [-0.2, 0) is 15.8 Å². The first-order valence-electron chi connectivity index (χ1n) is 15.1. The highest BCUT2D eigenvalue weighted by atomic mass is 35.5. The third-order valence-electron chi connectivity index (χ3n) is 8.07. The van der Waals surface area contributed by atoms with E-state index in [2.05, 4.69) is 10.8 Å². The van der Waals surface area contributed by atoms with Crippen molar-refractivity contribution >= 4 is 41.0 Å². The quantitative estimate of drug-likeness (QED) is 0.241. The second-order valence-corrected chi connectivity index (χ2v) is 12.0. The van der Waals surface area contributed by atoms with Crippen molar-refractivity contribution < 1.29 is 32.3 Å². The molecule has 14 heteroatoms. The molecule has 3 amide bonds. The van der Waals surface area contributed by atoms with Gasteiger partial charge in [-0.1, -0.05) is 47.5 Å². The number of amidine groups is 1. The normalized spacial score (nSPS) is 18.5. The van der Waals surface area contributed by atoms with Crippen LogP contribution in [0.2, 0.25) is 10.0 Å². The molecule has 0 aromatic heterocycles. The Labute approximate surface area is 280 Å². The molecule has 1 fully saturated rings. The zero-order valence-electron chi connectivity index (χ0n) is 25.7. The molecular weight excluding hydrogens is 658 g/mol. The minimum Gasteiger partial charge on any atom is -0.493 e. The second-order valence-electron chi connectivity index (χ2n) is 11.1. The van der Waals surface area contributed by atoms with Crippen molar-refractivity contribution in [2.45, 2.75) is 44.1 Å². The Kier molecular flexibility index (Phi) is 11.0. The molecule has 2 heterocycles. The van der Waals surface area contributed by atoms with Gasteiger partial charge in [0.1, 0.15) is 24.2 Å². The number of rotatable bonds is 9. The van der Waals surface area contributed by atoms with E-state index >= 15 is 4.79 Å². The molecule has 0 radical (unpaired) electrons. The molecule has 2 aliphatic rings. The van der Waals surface area contributed by atoms with Gasteiger partial charge in [0, 0.05) is 16.1 Å². The number of piperidine rings is 1. The number of carbonyl (C=O) groups excluding carboxylic acids is 2. The van der Waals surface area contributed by atoms with Crippen LogP contribution in [0.15, 0.2) is 71.7 Å². The number of carbonyl (C=O) groups is 2. The number of amides is 3. The van der Waals surface area contributed by atoms with E-state index in [9.17, 15) is 18.0 Å². The fourth-order valence-electron chi connectivity index (χ4n) is 5.92. The largest absolute Gasteiger partial charge is 0.493 e. The molecule has 0 spiro atoms. The first-order chi connectivity index (χ1) is 22.5. The van der Waals surface area contributed by atoms with Gasteiger partial charge in [0.25, 0.3) is 5.91 Å². The summed E-state index contributed by atoms with van der Waals surface area (Å²) in [6.07, 6.45) is -3.48. The number of nitrogens with zero attached hydrogens (tertiary/aromatic N) is 3. The Morgan fingerprint density at radius 1 is 1.00 bits per heavy atom. The Balaban J connectivity index is 1.73. The van der Waals surface area contributed by atoms with Gasteiger partial charge in [-0.15, -0.1) is 0 Å². The van der Waals surface area contributed by atoms with Gasteiger partial charge < -0.3 is 15.0 Å². The van der Waals surface area contributed by atoms with Crippen LogP contribution in [0, 0.1) is 0 Å². The van der Waals surface area contributed by atoms with Crippen molar-refractivity contribution in [2.24, 2.45) is 4.99 Å². The summed E-state index contributed by atoms with van der Waals surface area (Å²) in [5.74, 6) is -0.534. The highest BCUT2D eigenvalue weighted by Crippen LogP contribution is 2.46. The number of hydrogen-bond acceptors (Lipinski definition) is 6. The Morgan fingerprint density at radius 2 is 1.62 bits per heavy atom. The van der Waals surface area contributed by atoms with Gasteiger partial charge >= 0.3 is 12.2 Å². The molecule has 3 aromatic carbocycles. The number of nitrogens with one attached hydrogen (secondary N) is 2. The molecule has 3 aromatic rings. The lowest BCUT2D eigenvalue weighted by molar-refractivity contribution is -0.137. The smallest absolute Gasteiger partial charge is 0.416 e. The van der Waals surface area contributed by atoms with E-state index in [-0.39, 0.29) is 36.3 Å². The zero-order chi connectivity index (χ0) is 33.7. The van der Waals surface area contributed by atoms with Crippen molar-refractivity contribution in [1.82, 2.24) is 20.6 Å². The molecule has 1 saturated heterocycles. The summed E-state index contributed by atoms with van der Waals surface area (Å²) in [6, 6.07) is 14.6. The Hall–Kier alpha value is -3.84. The lowest BCUT2D eigenvalue weighted by atomic mass is 9.93. The van der Waals surface area contributed by atoms with Crippen LogP contribution < -0.4 is 15.5 Å². The van der Waals surface area contributed by atoms with Crippen molar-refractivity contribution in [3.63, 3.8) is 0 Å². The summed E-state index contributed by atoms with van der Waals surface area (Å²) in [7, 11) is 1.30. The van der Waals surface area contributed by atoms with Gasteiger partial charge in [0.2, 0.25) is 0 Å². The average Bonchev–Trinajstić information content (AvgIpc) is 3.44. The fraction of sp³-hybridized carbons (Fsp3) is 0.364. The maximum absolute atomic E-state index is 15.0. The van der Waals surface area contributed by atoms with E-state index < -0.39 is 35.8 Å². The van der Waals surface area contributed by atoms with E-state index in [4.69, 9.17) is 37.8 Å². The SMILES string of the molecule is CCOc1cc(C(F)(F)F)ccc1C1=NC(c2ccc(Cl)cc2)C(c2ccc(Cl)cc2)N1C(=O)N(CC(=O)NOC)C1CCNCC1. The molecule has 0 saturated carbocycles. The summed E-state index contributed by atoms with van der Waals surface area (Å²) >= 11 is 12.5. The van der Waals surface area contributed by atoms with Gasteiger partial charge in [0.05, 0.1) is 30.9 Å². The molecule has 2 unspecified atom stereocenters. The molecule has 250 valence electrons. The van der Waals surface area contributed by atoms with E-state index in [1.165, 1.54) is 23.0 Å². The summed E-state index contributed by atoms with van der Waals surface area (Å²) < 4.78 is 47.2. The summed E-state index contributed by atoms with van der Waals surface area (Å²) in [5.41, 5.74) is 2.94. The van der Waals surface area contributed by atoms with E-state index in [0.29, 0.717) is 47.1 Å². The number of hydroxylamine groups is 1. The van der Waals surface area contributed by atoms with Crippen molar-refractivity contribution in [3.8, 4) is 5.75 Å². The van der Waals surface area contributed by atoms with Crippen LogP contribution in [0.4, 0.5) is 18.0 Å². The minimum atomic E-state index is -4.63. The molecule has 9 nitrogen and oxygen atoms in total. The van der Waals surface area contributed by atoms with Gasteiger partial charge in [-0.25, -0.2) is 10.3 Å². The zero-order valence-corrected chi connectivity index (χ0v) is 27.2. The van der Waals surface area contributed by atoms with Crippen LogP contribution in [0.25, 0.3) is 0 Å². The molecule has 2 aliphatic heterocycles. The number of ether oxygens (including phenoxy) is 1. The standard InChI is InChI=1S/C33H34Cl2F3N5O4/c1-3-47-27-18-22(33(36,37)38)8-13-26(27)31-40-29(20-4-9-23(34)10-5-20)30(21-6-11-24(35)12-7-21)43(31)32(45)42(19-28(44)41-46-2)25-14-16-39-17-15-25/h4-13,18,25,29-30,39H,3,14-17,19H2,1-2H3,(H,41,44). The predicted octanol–water partition coefficient (Wildman–Crippen LogP) is 6.81. The van der Waals surface area contributed by atoms with Crippen LogP contribution in [0.3, 0.4) is 0 Å². The number of hydrogen-bond donors (Lipinski definition) is 2.